The van der Waals surface area contributed by atoms with Crippen LogP contribution in [-0.2, 0) is 34.1 Å². The minimum atomic E-state index is -1.64. The summed E-state index contributed by atoms with van der Waals surface area (Å²) in [4.78, 5) is 38.2. The fourth-order valence-corrected chi connectivity index (χ4v) is 3.73. The minimum absolute atomic E-state index is 0.338. The summed E-state index contributed by atoms with van der Waals surface area (Å²) in [6, 6.07) is 13.4. The largest absolute Gasteiger partial charge is 0.468 e. The van der Waals surface area contributed by atoms with Crippen molar-refractivity contribution < 1.29 is 28.6 Å². The van der Waals surface area contributed by atoms with Crippen LogP contribution in [0.25, 0.3) is 11.3 Å². The van der Waals surface area contributed by atoms with Crippen LogP contribution in [0, 0.1) is 5.92 Å². The number of ether oxygens (including phenoxy) is 3. The smallest absolute Gasteiger partial charge is 0.327 e. The Morgan fingerprint density at radius 1 is 0.964 bits per heavy atom. The molecule has 1 aromatic heterocycles. The Morgan fingerprint density at radius 3 is 2.14 bits per heavy atom. The summed E-state index contributed by atoms with van der Waals surface area (Å²) in [6.07, 6.45) is 2.48. The van der Waals surface area contributed by atoms with Gasteiger partial charge in [0.05, 0.1) is 14.2 Å². The second kappa shape index (κ2) is 8.39. The predicted octanol–water partition coefficient (Wildman–Crippen LogP) is 2.19. The maximum atomic E-state index is 13.6. The summed E-state index contributed by atoms with van der Waals surface area (Å²) >= 11 is 0. The number of esters is 2. The highest BCUT2D eigenvalue weighted by atomic mass is 16.5. The molecule has 0 saturated carbocycles. The molecule has 1 aliphatic heterocycles. The number of methoxy groups -OCH3 is 2. The first-order valence-electron chi connectivity index (χ1n) is 9.06. The molecular weight excluding hydrogens is 362 g/mol. The third-order valence-corrected chi connectivity index (χ3v) is 5.19. The second-order valence-electron chi connectivity index (χ2n) is 6.62. The lowest BCUT2D eigenvalue weighted by atomic mass is 9.79. The van der Waals surface area contributed by atoms with Crippen molar-refractivity contribution in [2.24, 2.45) is 5.92 Å². The van der Waals surface area contributed by atoms with Crippen LogP contribution in [0.3, 0.4) is 0 Å². The molecule has 0 N–H and O–H groups in total. The van der Waals surface area contributed by atoms with Crippen molar-refractivity contribution in [3.05, 3.63) is 48.7 Å². The van der Waals surface area contributed by atoms with E-state index in [0.717, 1.165) is 25.5 Å². The zero-order chi connectivity index (χ0) is 20.1. The third kappa shape index (κ3) is 3.45. The van der Waals surface area contributed by atoms with Crippen molar-refractivity contribution in [1.29, 1.82) is 0 Å². The summed E-state index contributed by atoms with van der Waals surface area (Å²) < 4.78 is 16.8. The van der Waals surface area contributed by atoms with Crippen molar-refractivity contribution in [3.63, 3.8) is 0 Å². The minimum Gasteiger partial charge on any atom is -0.468 e. The Balaban J connectivity index is 2.12. The van der Waals surface area contributed by atoms with Gasteiger partial charge in [0.2, 0.25) is 5.92 Å². The quantitative estimate of drug-likeness (QED) is 0.560. The van der Waals surface area contributed by atoms with E-state index in [4.69, 9.17) is 14.2 Å². The molecule has 0 amide bonds. The van der Waals surface area contributed by atoms with Crippen molar-refractivity contribution in [1.82, 2.24) is 4.57 Å². The van der Waals surface area contributed by atoms with Crippen molar-refractivity contribution >= 4 is 17.7 Å². The van der Waals surface area contributed by atoms with E-state index < -0.39 is 29.2 Å². The molecule has 0 atom stereocenters. The summed E-state index contributed by atoms with van der Waals surface area (Å²) in [7, 11) is 2.29. The molecule has 0 radical (unpaired) electrons. The summed E-state index contributed by atoms with van der Waals surface area (Å²) in [5.41, 5.74) is 0.642. The zero-order valence-electron chi connectivity index (χ0n) is 15.9. The van der Waals surface area contributed by atoms with Crippen molar-refractivity contribution in [3.8, 4) is 11.3 Å². The Labute approximate surface area is 163 Å². The number of ketones is 1. The fraction of sp³-hybridized carbons (Fsp3) is 0.381. The van der Waals surface area contributed by atoms with Crippen LogP contribution in [0.1, 0.15) is 12.8 Å². The number of aromatic nitrogens is 1. The maximum Gasteiger partial charge on any atom is 0.327 e. The Kier molecular flexibility index (Phi) is 5.94. The van der Waals surface area contributed by atoms with Gasteiger partial charge in [-0.15, -0.1) is 0 Å². The topological polar surface area (TPSA) is 83.8 Å². The summed E-state index contributed by atoms with van der Waals surface area (Å²) in [5, 5.41) is 0. The van der Waals surface area contributed by atoms with Crippen LogP contribution in [0.15, 0.2) is 48.7 Å². The van der Waals surface area contributed by atoms with E-state index in [2.05, 4.69) is 0 Å². The van der Waals surface area contributed by atoms with Crippen LogP contribution in [0.4, 0.5) is 0 Å². The monoisotopic (exact) mass is 385 g/mol. The Morgan fingerprint density at radius 2 is 1.57 bits per heavy atom. The van der Waals surface area contributed by atoms with E-state index in [1.54, 1.807) is 6.20 Å². The first-order valence-corrected chi connectivity index (χ1v) is 9.06. The molecular formula is C21H23NO6. The molecule has 0 aliphatic carbocycles. The van der Waals surface area contributed by atoms with Gasteiger partial charge in [-0.1, -0.05) is 30.3 Å². The van der Waals surface area contributed by atoms with Crippen LogP contribution in [-0.4, -0.2) is 49.7 Å². The molecule has 0 unspecified atom stereocenters. The van der Waals surface area contributed by atoms with Crippen molar-refractivity contribution in [2.45, 2.75) is 18.4 Å². The molecule has 1 aliphatic rings. The number of Topliss-reactive ketones (excluding diaryl/α,β-unsaturated/α-hetero) is 1. The molecule has 3 rings (SSSR count). The number of hydrogen-bond acceptors (Lipinski definition) is 6. The summed E-state index contributed by atoms with van der Waals surface area (Å²) in [6.45, 7) is 0.681. The Hall–Kier alpha value is -2.93. The highest BCUT2D eigenvalue weighted by Gasteiger charge is 2.51. The fourth-order valence-electron chi connectivity index (χ4n) is 3.73. The van der Waals surface area contributed by atoms with Gasteiger partial charge in [0.25, 0.3) is 0 Å². The van der Waals surface area contributed by atoms with E-state index >= 15 is 0 Å². The highest BCUT2D eigenvalue weighted by molar-refractivity contribution is 6.17. The average molecular weight is 385 g/mol. The lowest BCUT2D eigenvalue weighted by Crippen LogP contribution is -2.52. The first kappa shape index (κ1) is 19.8. The molecule has 7 heteroatoms. The van der Waals surface area contributed by atoms with E-state index in [1.165, 1.54) is 0 Å². The number of carbonyl (C=O) groups is 3. The predicted molar refractivity (Wildman–Crippen MR) is 100 cm³/mol. The van der Waals surface area contributed by atoms with Crippen LogP contribution in [0.5, 0.6) is 0 Å². The lowest BCUT2D eigenvalue weighted by Gasteiger charge is -2.39. The normalized spacial score (nSPS) is 15.8. The van der Waals surface area contributed by atoms with Gasteiger partial charge in [-0.2, -0.15) is 0 Å². The molecule has 2 aromatic rings. The third-order valence-electron chi connectivity index (χ3n) is 5.19. The van der Waals surface area contributed by atoms with E-state index in [0.29, 0.717) is 26.1 Å². The molecule has 148 valence electrons. The second-order valence-corrected chi connectivity index (χ2v) is 6.62. The highest BCUT2D eigenvalue weighted by Crippen LogP contribution is 2.37. The molecule has 1 aromatic carbocycles. The van der Waals surface area contributed by atoms with Gasteiger partial charge in [0, 0.05) is 37.9 Å². The van der Waals surface area contributed by atoms with Crippen LogP contribution >= 0.6 is 0 Å². The first-order chi connectivity index (χ1) is 13.5. The molecule has 1 saturated heterocycles. The molecule has 7 nitrogen and oxygen atoms in total. The van der Waals surface area contributed by atoms with Gasteiger partial charge in [0.1, 0.15) is 5.54 Å². The van der Waals surface area contributed by atoms with Crippen LogP contribution in [0.2, 0.25) is 0 Å². The van der Waals surface area contributed by atoms with E-state index in [1.807, 2.05) is 47.0 Å². The number of hydrogen-bond donors (Lipinski definition) is 0. The lowest BCUT2D eigenvalue weighted by molar-refractivity contribution is -0.165. The average Bonchev–Trinajstić information content (AvgIpc) is 3.25. The van der Waals surface area contributed by atoms with Gasteiger partial charge < -0.3 is 18.8 Å². The zero-order valence-corrected chi connectivity index (χ0v) is 15.9. The van der Waals surface area contributed by atoms with Crippen molar-refractivity contribution in [2.75, 3.05) is 27.4 Å². The standard InChI is InChI=1S/C21H23NO6/c1-26-19(24)17(20(25)27-2)18(23)21(10-13-28-14-11-21)22-12-6-9-16(22)15-7-4-3-5-8-15/h3-9,12,17H,10-11,13-14H2,1-2H3. The molecule has 0 bridgehead atoms. The van der Waals surface area contributed by atoms with Crippen LogP contribution < -0.4 is 0 Å². The van der Waals surface area contributed by atoms with Gasteiger partial charge in [-0.3, -0.25) is 14.4 Å². The summed E-state index contributed by atoms with van der Waals surface area (Å²) in [5.74, 6) is -4.02. The Bertz CT molecular complexity index is 835. The van der Waals surface area contributed by atoms with E-state index in [9.17, 15) is 14.4 Å². The van der Waals surface area contributed by atoms with Gasteiger partial charge >= 0.3 is 11.9 Å². The van der Waals surface area contributed by atoms with Gasteiger partial charge in [0.15, 0.2) is 5.78 Å². The van der Waals surface area contributed by atoms with Gasteiger partial charge in [-0.05, 0) is 17.7 Å². The maximum absolute atomic E-state index is 13.6. The molecule has 28 heavy (non-hydrogen) atoms. The number of rotatable bonds is 6. The van der Waals surface area contributed by atoms with Gasteiger partial charge in [-0.25, -0.2) is 0 Å². The number of benzene rings is 1. The SMILES string of the molecule is COC(=O)C(C(=O)OC)C(=O)C1(n2cccc2-c2ccccc2)CCOCC1. The molecule has 1 fully saturated rings. The molecule has 2 heterocycles. The van der Waals surface area contributed by atoms with E-state index in [-0.39, 0.29) is 0 Å². The molecule has 0 spiro atoms. The number of carbonyl (C=O) groups excluding carboxylic acids is 3. The number of nitrogens with zero attached hydrogens (tertiary/aromatic N) is 1.